The quantitative estimate of drug-likeness (QED) is 0.685. The number of anilines is 1. The molecule has 1 rings (SSSR count). The molecule has 0 fully saturated rings. The van der Waals surface area contributed by atoms with Crippen molar-refractivity contribution in [2.45, 2.75) is 12.8 Å². The number of carbonyl (C=O) groups is 1. The first-order chi connectivity index (χ1) is 7.45. The molecule has 1 aromatic rings. The number of pyridine rings is 1. The second-order valence-corrected chi connectivity index (χ2v) is 3.72. The van der Waals surface area contributed by atoms with Gasteiger partial charge in [-0.25, -0.2) is 13.8 Å². The molecule has 0 saturated heterocycles. The molecule has 0 atom stereocenters. The molecule has 0 bridgehead atoms. The second kappa shape index (κ2) is 5.20. The van der Waals surface area contributed by atoms with Gasteiger partial charge in [0.2, 0.25) is 0 Å². The number of esters is 1. The molecular formula is C9H9BrF2N2O2. The van der Waals surface area contributed by atoms with Gasteiger partial charge in [0.25, 0.3) is 6.43 Å². The summed E-state index contributed by atoms with van der Waals surface area (Å²) in [5.74, 6) is -0.620. The molecule has 0 saturated carbocycles. The normalized spacial score (nSPS) is 10.6. The fraction of sp³-hybridized carbons (Fsp3) is 0.333. The Morgan fingerprint density at radius 3 is 2.81 bits per heavy atom. The van der Waals surface area contributed by atoms with Crippen molar-refractivity contribution >= 4 is 27.6 Å². The average Bonchev–Trinajstić information content (AvgIpc) is 2.22. The zero-order valence-electron chi connectivity index (χ0n) is 8.34. The minimum absolute atomic E-state index is 0.0718. The van der Waals surface area contributed by atoms with Crippen LogP contribution in [0.1, 0.15) is 17.7 Å². The maximum atomic E-state index is 12.6. The van der Waals surface area contributed by atoms with Gasteiger partial charge in [0.15, 0.2) is 0 Å². The van der Waals surface area contributed by atoms with Crippen molar-refractivity contribution in [2.24, 2.45) is 0 Å². The third-order valence-electron chi connectivity index (χ3n) is 1.88. The van der Waals surface area contributed by atoms with Gasteiger partial charge in [-0.15, -0.1) is 0 Å². The van der Waals surface area contributed by atoms with Crippen LogP contribution in [0.4, 0.5) is 14.5 Å². The van der Waals surface area contributed by atoms with Crippen LogP contribution in [0.15, 0.2) is 10.7 Å². The average molecular weight is 295 g/mol. The predicted octanol–water partition coefficient (Wildman–Crippen LogP) is 2.08. The standard InChI is InChI=1S/C9H9BrF2N2O2/c1-16-6(15)3-4-2-5(13)8(10)14-7(4)9(11)12/h2,9H,3,13H2,1H3. The molecule has 1 heterocycles. The predicted molar refractivity (Wildman–Crippen MR) is 57.0 cm³/mol. The number of rotatable bonds is 3. The zero-order chi connectivity index (χ0) is 12.3. The SMILES string of the molecule is COC(=O)Cc1cc(N)c(Br)nc1C(F)F. The Bertz CT molecular complexity index is 413. The maximum Gasteiger partial charge on any atom is 0.310 e. The van der Waals surface area contributed by atoms with Crippen LogP contribution in [0.3, 0.4) is 0 Å². The number of alkyl halides is 2. The van der Waals surface area contributed by atoms with Gasteiger partial charge in [-0.1, -0.05) is 0 Å². The molecule has 0 unspecified atom stereocenters. The minimum Gasteiger partial charge on any atom is -0.469 e. The lowest BCUT2D eigenvalue weighted by Gasteiger charge is -2.09. The molecule has 7 heteroatoms. The molecule has 0 aliphatic rings. The minimum atomic E-state index is -2.77. The van der Waals surface area contributed by atoms with E-state index in [1.807, 2.05) is 0 Å². The van der Waals surface area contributed by atoms with Gasteiger partial charge in [0, 0.05) is 0 Å². The number of nitrogen functional groups attached to an aromatic ring is 1. The van der Waals surface area contributed by atoms with E-state index in [-0.39, 0.29) is 22.3 Å². The number of nitrogens with two attached hydrogens (primary N) is 1. The van der Waals surface area contributed by atoms with Crippen LogP contribution in [0.25, 0.3) is 0 Å². The van der Waals surface area contributed by atoms with E-state index >= 15 is 0 Å². The number of carbonyl (C=O) groups excluding carboxylic acids is 1. The molecule has 0 spiro atoms. The number of aromatic nitrogens is 1. The van der Waals surface area contributed by atoms with Gasteiger partial charge in [-0.2, -0.15) is 0 Å². The van der Waals surface area contributed by atoms with Crippen molar-refractivity contribution in [3.8, 4) is 0 Å². The van der Waals surface area contributed by atoms with Crippen molar-refractivity contribution in [2.75, 3.05) is 12.8 Å². The lowest BCUT2D eigenvalue weighted by atomic mass is 10.1. The van der Waals surface area contributed by atoms with Crippen LogP contribution in [0.2, 0.25) is 0 Å². The molecule has 0 aliphatic carbocycles. The van der Waals surface area contributed by atoms with Crippen LogP contribution in [-0.4, -0.2) is 18.1 Å². The largest absolute Gasteiger partial charge is 0.469 e. The van der Waals surface area contributed by atoms with Gasteiger partial charge >= 0.3 is 5.97 Å². The third-order valence-corrected chi connectivity index (χ3v) is 2.52. The van der Waals surface area contributed by atoms with E-state index in [9.17, 15) is 13.6 Å². The van der Waals surface area contributed by atoms with Gasteiger partial charge in [-0.3, -0.25) is 4.79 Å². The zero-order valence-corrected chi connectivity index (χ0v) is 9.92. The lowest BCUT2D eigenvalue weighted by molar-refractivity contribution is -0.139. The maximum absolute atomic E-state index is 12.6. The highest BCUT2D eigenvalue weighted by Gasteiger charge is 2.19. The summed E-state index contributed by atoms with van der Waals surface area (Å²) >= 11 is 2.95. The van der Waals surface area contributed by atoms with Crippen LogP contribution >= 0.6 is 15.9 Å². The Hall–Kier alpha value is -1.24. The van der Waals surface area contributed by atoms with E-state index in [1.165, 1.54) is 13.2 Å². The number of hydrogen-bond donors (Lipinski definition) is 1. The van der Waals surface area contributed by atoms with E-state index in [2.05, 4.69) is 25.7 Å². The third kappa shape index (κ3) is 2.88. The summed E-state index contributed by atoms with van der Waals surface area (Å²) in [5.41, 5.74) is 5.30. The molecule has 16 heavy (non-hydrogen) atoms. The van der Waals surface area contributed by atoms with Crippen molar-refractivity contribution < 1.29 is 18.3 Å². The van der Waals surface area contributed by atoms with E-state index in [0.29, 0.717) is 0 Å². The first-order valence-electron chi connectivity index (χ1n) is 4.25. The topological polar surface area (TPSA) is 65.2 Å². The molecule has 0 amide bonds. The summed E-state index contributed by atoms with van der Waals surface area (Å²) in [7, 11) is 1.18. The van der Waals surface area contributed by atoms with Gasteiger partial charge in [0.05, 0.1) is 19.2 Å². The number of hydrogen-bond acceptors (Lipinski definition) is 4. The van der Waals surface area contributed by atoms with Crippen molar-refractivity contribution in [3.05, 3.63) is 21.9 Å². The van der Waals surface area contributed by atoms with Crippen LogP contribution in [-0.2, 0) is 16.0 Å². The summed E-state index contributed by atoms with van der Waals surface area (Å²) in [5, 5.41) is 0. The molecule has 4 nitrogen and oxygen atoms in total. The first kappa shape index (κ1) is 12.8. The van der Waals surface area contributed by atoms with Gasteiger partial charge < -0.3 is 10.5 Å². The van der Waals surface area contributed by atoms with Gasteiger partial charge in [0.1, 0.15) is 10.3 Å². The van der Waals surface area contributed by atoms with Gasteiger partial charge in [-0.05, 0) is 27.6 Å². The van der Waals surface area contributed by atoms with E-state index in [1.54, 1.807) is 0 Å². The molecule has 2 N–H and O–H groups in total. The van der Waals surface area contributed by atoms with Crippen LogP contribution < -0.4 is 5.73 Å². The fourth-order valence-electron chi connectivity index (χ4n) is 1.12. The number of halogens is 3. The molecule has 0 aliphatic heterocycles. The summed E-state index contributed by atoms with van der Waals surface area (Å²) in [6, 6.07) is 1.29. The summed E-state index contributed by atoms with van der Waals surface area (Å²) in [6.45, 7) is 0. The molecule has 88 valence electrons. The van der Waals surface area contributed by atoms with E-state index in [0.717, 1.165) is 0 Å². The second-order valence-electron chi connectivity index (χ2n) is 2.97. The molecule has 1 aromatic heterocycles. The van der Waals surface area contributed by atoms with E-state index in [4.69, 9.17) is 5.73 Å². The highest BCUT2D eigenvalue weighted by Crippen LogP contribution is 2.27. The first-order valence-corrected chi connectivity index (χ1v) is 5.04. The smallest absolute Gasteiger partial charge is 0.310 e. The Morgan fingerprint density at radius 2 is 2.31 bits per heavy atom. The highest BCUT2D eigenvalue weighted by atomic mass is 79.9. The van der Waals surface area contributed by atoms with Crippen LogP contribution in [0.5, 0.6) is 0 Å². The van der Waals surface area contributed by atoms with Crippen LogP contribution in [0, 0.1) is 0 Å². The Morgan fingerprint density at radius 1 is 1.69 bits per heavy atom. The number of ether oxygens (including phenoxy) is 1. The molecular weight excluding hydrogens is 286 g/mol. The Labute approximate surface area is 98.9 Å². The summed E-state index contributed by atoms with van der Waals surface area (Å²) in [6.07, 6.45) is -3.04. The monoisotopic (exact) mass is 294 g/mol. The highest BCUT2D eigenvalue weighted by molar-refractivity contribution is 9.10. The van der Waals surface area contributed by atoms with Crippen molar-refractivity contribution in [3.63, 3.8) is 0 Å². The molecule has 0 aromatic carbocycles. The van der Waals surface area contributed by atoms with Crippen molar-refractivity contribution in [1.29, 1.82) is 0 Å². The Balaban J connectivity index is 3.14. The fourth-order valence-corrected chi connectivity index (χ4v) is 1.43. The Kier molecular flexibility index (Phi) is 4.17. The molecule has 0 radical (unpaired) electrons. The van der Waals surface area contributed by atoms with Crippen molar-refractivity contribution in [1.82, 2.24) is 4.98 Å². The number of nitrogens with zero attached hydrogens (tertiary/aromatic N) is 1. The summed E-state index contributed by atoms with van der Waals surface area (Å²) < 4.78 is 29.8. The lowest BCUT2D eigenvalue weighted by Crippen LogP contribution is -2.09. The summed E-state index contributed by atoms with van der Waals surface area (Å²) in [4.78, 5) is 14.6. The number of methoxy groups -OCH3 is 1. The van der Waals surface area contributed by atoms with E-state index < -0.39 is 18.1 Å².